The first-order valence-electron chi connectivity index (χ1n) is 9.54. The molecule has 0 amide bonds. The monoisotopic (exact) mass is 450 g/mol. The summed E-state index contributed by atoms with van der Waals surface area (Å²) in [6.45, 7) is 15.3. The highest BCUT2D eigenvalue weighted by Crippen LogP contribution is 2.35. The number of carbonyl (C=O) groups excluding carboxylic acids is 4. The van der Waals surface area contributed by atoms with Crippen molar-refractivity contribution >= 4 is 24.4 Å². The molecule has 0 unspecified atom stereocenters. The van der Waals surface area contributed by atoms with Gasteiger partial charge in [-0.05, 0) is 56.2 Å². The largest absolute Gasteiger partial charge is 0.429 e. The molecule has 0 saturated carbocycles. The molecule has 0 saturated heterocycles. The van der Waals surface area contributed by atoms with Gasteiger partial charge in [-0.15, -0.1) is 0 Å². The van der Waals surface area contributed by atoms with Gasteiger partial charge in [0.05, 0.1) is 0 Å². The second-order valence-corrected chi connectivity index (χ2v) is 7.11. The Morgan fingerprint density at radius 2 is 0.909 bits per heavy atom. The van der Waals surface area contributed by atoms with Crippen LogP contribution in [0.5, 0.6) is 23.0 Å². The van der Waals surface area contributed by atoms with Crippen molar-refractivity contribution in [3.63, 3.8) is 0 Å². The van der Waals surface area contributed by atoms with E-state index >= 15 is 0 Å². The summed E-state index contributed by atoms with van der Waals surface area (Å²) in [7, 11) is 0. The highest BCUT2D eigenvalue weighted by Gasteiger charge is 2.15. The van der Waals surface area contributed by atoms with Crippen LogP contribution in [0.15, 0.2) is 72.9 Å². The zero-order chi connectivity index (χ0) is 24.7. The van der Waals surface area contributed by atoms with Crippen molar-refractivity contribution in [1.82, 2.24) is 0 Å². The normalized spacial score (nSPS) is 9.91. The molecule has 8 nitrogen and oxygen atoms in total. The van der Waals surface area contributed by atoms with Gasteiger partial charge in [-0.1, -0.05) is 19.7 Å². The Hall–Kier alpha value is -4.46. The predicted octanol–water partition coefficient (Wildman–Crippen LogP) is 4.33. The first kappa shape index (κ1) is 24.8. The fraction of sp³-hybridized carbons (Fsp3) is 0.120. The Labute approximate surface area is 190 Å². The second kappa shape index (κ2) is 10.7. The molecule has 0 aliphatic rings. The number of benzene rings is 2. The molecule has 2 aromatic carbocycles. The van der Waals surface area contributed by atoms with Gasteiger partial charge in [0.2, 0.25) is 0 Å². The standard InChI is InChI=1S/C25H22O8/c1-14(2)23(27)31-20-8-17(7-19(11-20)30-13-26)18-9-21(32-24(28)15(3)4)12-22(10-18)33-25(29)16(5)6/h7-13H,1,3,5H2,2,4,6H3. The summed E-state index contributed by atoms with van der Waals surface area (Å²) in [4.78, 5) is 46.8. The highest BCUT2D eigenvalue weighted by molar-refractivity contribution is 5.91. The molecule has 0 aliphatic carbocycles. The van der Waals surface area contributed by atoms with Gasteiger partial charge >= 0.3 is 17.9 Å². The van der Waals surface area contributed by atoms with Crippen LogP contribution >= 0.6 is 0 Å². The van der Waals surface area contributed by atoms with Gasteiger partial charge in [0.25, 0.3) is 6.47 Å². The number of esters is 3. The van der Waals surface area contributed by atoms with Gasteiger partial charge in [0.1, 0.15) is 23.0 Å². The minimum Gasteiger partial charge on any atom is -0.429 e. The van der Waals surface area contributed by atoms with Crippen molar-refractivity contribution in [1.29, 1.82) is 0 Å². The molecule has 0 N–H and O–H groups in total. The Balaban J connectivity index is 2.61. The average molecular weight is 450 g/mol. The quantitative estimate of drug-likeness (QED) is 0.241. The van der Waals surface area contributed by atoms with E-state index in [4.69, 9.17) is 18.9 Å². The van der Waals surface area contributed by atoms with E-state index in [9.17, 15) is 19.2 Å². The lowest BCUT2D eigenvalue weighted by molar-refractivity contribution is -0.131. The highest BCUT2D eigenvalue weighted by atomic mass is 16.6. The van der Waals surface area contributed by atoms with E-state index < -0.39 is 17.9 Å². The van der Waals surface area contributed by atoms with Crippen LogP contribution in [0.25, 0.3) is 11.1 Å². The molecule has 0 radical (unpaired) electrons. The summed E-state index contributed by atoms with van der Waals surface area (Å²) in [5.41, 5.74) is 1.30. The van der Waals surface area contributed by atoms with E-state index in [1.54, 1.807) is 0 Å². The van der Waals surface area contributed by atoms with E-state index in [0.717, 1.165) is 0 Å². The van der Waals surface area contributed by atoms with Gasteiger partial charge in [-0.2, -0.15) is 0 Å². The third-order valence-electron chi connectivity index (χ3n) is 3.95. The molecule has 2 aromatic rings. The molecular formula is C25H22O8. The molecule has 0 aromatic heterocycles. The summed E-state index contributed by atoms with van der Waals surface area (Å²) in [5, 5.41) is 0. The SMILES string of the molecule is C=C(C)C(=O)Oc1cc(OC=O)cc(-c2cc(OC(=O)C(=C)C)cc(OC(=O)C(=C)C)c2)c1. The van der Waals surface area contributed by atoms with Crippen LogP contribution in [-0.2, 0) is 19.2 Å². The van der Waals surface area contributed by atoms with Crippen molar-refractivity contribution in [2.45, 2.75) is 20.8 Å². The lowest BCUT2D eigenvalue weighted by Crippen LogP contribution is -2.10. The van der Waals surface area contributed by atoms with Crippen molar-refractivity contribution in [2.75, 3.05) is 0 Å². The topological polar surface area (TPSA) is 105 Å². The van der Waals surface area contributed by atoms with Crippen molar-refractivity contribution in [2.24, 2.45) is 0 Å². The number of hydrogen-bond acceptors (Lipinski definition) is 8. The summed E-state index contributed by atoms with van der Waals surface area (Å²) in [6.07, 6.45) is 0. The van der Waals surface area contributed by atoms with Crippen molar-refractivity contribution < 1.29 is 38.1 Å². The number of rotatable bonds is 9. The van der Waals surface area contributed by atoms with Crippen LogP contribution in [0, 0.1) is 0 Å². The van der Waals surface area contributed by atoms with Crippen molar-refractivity contribution in [3.05, 3.63) is 72.9 Å². The molecular weight excluding hydrogens is 428 g/mol. The molecule has 0 bridgehead atoms. The molecule has 0 heterocycles. The van der Waals surface area contributed by atoms with E-state index in [0.29, 0.717) is 11.1 Å². The minimum absolute atomic E-state index is 0.0622. The van der Waals surface area contributed by atoms with Crippen LogP contribution in [0.4, 0.5) is 0 Å². The number of carbonyl (C=O) groups is 4. The van der Waals surface area contributed by atoms with Crippen LogP contribution in [0.3, 0.4) is 0 Å². The van der Waals surface area contributed by atoms with Gasteiger partial charge in [0.15, 0.2) is 0 Å². The Morgan fingerprint density at radius 1 is 0.606 bits per heavy atom. The molecule has 170 valence electrons. The lowest BCUT2D eigenvalue weighted by Gasteiger charge is -2.13. The van der Waals surface area contributed by atoms with E-state index in [1.165, 1.54) is 57.2 Å². The molecule has 8 heteroatoms. The smallest absolute Gasteiger partial charge is 0.338 e. The molecule has 0 spiro atoms. The van der Waals surface area contributed by atoms with Crippen LogP contribution < -0.4 is 18.9 Å². The summed E-state index contributed by atoms with van der Waals surface area (Å²) < 4.78 is 20.7. The molecule has 33 heavy (non-hydrogen) atoms. The fourth-order valence-electron chi connectivity index (χ4n) is 2.36. The maximum absolute atomic E-state index is 12.0. The van der Waals surface area contributed by atoms with E-state index in [1.807, 2.05) is 0 Å². The van der Waals surface area contributed by atoms with Gasteiger partial charge in [-0.25, -0.2) is 14.4 Å². The van der Waals surface area contributed by atoms with Crippen LogP contribution in [-0.4, -0.2) is 24.4 Å². The Bertz CT molecular complexity index is 1130. The zero-order valence-corrected chi connectivity index (χ0v) is 18.4. The van der Waals surface area contributed by atoms with Crippen LogP contribution in [0.2, 0.25) is 0 Å². The maximum atomic E-state index is 12.0. The number of ether oxygens (including phenoxy) is 4. The first-order valence-corrected chi connectivity index (χ1v) is 9.54. The molecule has 0 aliphatic heterocycles. The minimum atomic E-state index is -0.682. The van der Waals surface area contributed by atoms with Crippen molar-refractivity contribution in [3.8, 4) is 34.1 Å². The molecule has 0 atom stereocenters. The molecule has 2 rings (SSSR count). The summed E-state index contributed by atoms with van der Waals surface area (Å²) >= 11 is 0. The van der Waals surface area contributed by atoms with Gasteiger partial charge in [-0.3, -0.25) is 4.79 Å². The van der Waals surface area contributed by atoms with Crippen LogP contribution in [0.1, 0.15) is 20.8 Å². The average Bonchev–Trinajstić information content (AvgIpc) is 2.73. The Kier molecular flexibility index (Phi) is 8.06. The summed E-state index contributed by atoms with van der Waals surface area (Å²) in [6, 6.07) is 8.64. The summed E-state index contributed by atoms with van der Waals surface area (Å²) in [5.74, 6) is -1.76. The Morgan fingerprint density at radius 3 is 1.21 bits per heavy atom. The molecule has 0 fully saturated rings. The fourth-order valence-corrected chi connectivity index (χ4v) is 2.36. The van der Waals surface area contributed by atoms with E-state index in [-0.39, 0.29) is 46.2 Å². The first-order chi connectivity index (χ1) is 15.5. The predicted molar refractivity (Wildman–Crippen MR) is 120 cm³/mol. The van der Waals surface area contributed by atoms with Gasteiger partial charge < -0.3 is 18.9 Å². The lowest BCUT2D eigenvalue weighted by atomic mass is 10.0. The third-order valence-corrected chi connectivity index (χ3v) is 3.95. The zero-order valence-electron chi connectivity index (χ0n) is 18.4. The second-order valence-electron chi connectivity index (χ2n) is 7.11. The third kappa shape index (κ3) is 7.03. The number of hydrogen-bond donors (Lipinski definition) is 0. The van der Waals surface area contributed by atoms with Gasteiger partial charge in [0, 0.05) is 28.9 Å². The van der Waals surface area contributed by atoms with E-state index in [2.05, 4.69) is 19.7 Å². The maximum Gasteiger partial charge on any atom is 0.338 e.